The van der Waals surface area contributed by atoms with E-state index in [1.54, 1.807) is 31.2 Å². The molecule has 0 aliphatic carbocycles. The second kappa shape index (κ2) is 21.3. The Bertz CT molecular complexity index is 2180. The lowest BCUT2D eigenvalue weighted by Crippen LogP contribution is -2.49. The lowest BCUT2D eigenvalue weighted by Gasteiger charge is -2.32. The van der Waals surface area contributed by atoms with Gasteiger partial charge in [0.15, 0.2) is 12.4 Å². The molecule has 4 amide bonds. The number of nitrogens with one attached hydrogen (secondary N) is 3. The van der Waals surface area contributed by atoms with E-state index in [1.165, 1.54) is 30.3 Å². The number of amides is 4. The molecule has 0 aliphatic heterocycles. The zero-order chi connectivity index (χ0) is 43.1. The normalized spacial score (nSPS) is 12.3. The first-order valence-electron chi connectivity index (χ1n) is 18.6. The predicted molar refractivity (Wildman–Crippen MR) is 208 cm³/mol. The molecule has 18 nitrogen and oxygen atoms in total. The Kier molecular flexibility index (Phi) is 16.1. The maximum absolute atomic E-state index is 13.6. The van der Waals surface area contributed by atoms with Crippen molar-refractivity contribution in [2.24, 2.45) is 5.92 Å². The number of hydroxylamine groups is 2. The van der Waals surface area contributed by atoms with Crippen LogP contribution in [0.2, 0.25) is 0 Å². The van der Waals surface area contributed by atoms with E-state index < -0.39 is 72.6 Å². The van der Waals surface area contributed by atoms with Crippen LogP contribution >= 0.6 is 0 Å². The third-order valence-corrected chi connectivity index (χ3v) is 9.15. The molecule has 1 aromatic heterocycles. The van der Waals surface area contributed by atoms with Gasteiger partial charge in [-0.15, -0.1) is 0 Å². The molecule has 0 spiro atoms. The molecule has 0 saturated carbocycles. The fourth-order valence-corrected chi connectivity index (χ4v) is 6.25. The highest BCUT2D eigenvalue weighted by Crippen LogP contribution is 2.30. The molecule has 0 unspecified atom stereocenters. The summed E-state index contributed by atoms with van der Waals surface area (Å²) < 4.78 is 10.9. The third kappa shape index (κ3) is 12.1. The molecule has 3 atom stereocenters. The van der Waals surface area contributed by atoms with Crippen LogP contribution in [0.1, 0.15) is 83.6 Å². The van der Waals surface area contributed by atoms with Crippen molar-refractivity contribution in [3.63, 3.8) is 0 Å². The number of furan rings is 1. The number of nitrogens with zero attached hydrogens (tertiary/aromatic N) is 1. The summed E-state index contributed by atoms with van der Waals surface area (Å²) in [5, 5.41) is 37.0. The number of carbonyl (C=O) groups is 8. The van der Waals surface area contributed by atoms with Gasteiger partial charge in [0.25, 0.3) is 11.8 Å². The van der Waals surface area contributed by atoms with E-state index in [2.05, 4.69) is 16.0 Å². The van der Waals surface area contributed by atoms with Crippen LogP contribution in [0.15, 0.2) is 77.2 Å². The highest BCUT2D eigenvalue weighted by Gasteiger charge is 2.34. The van der Waals surface area contributed by atoms with Gasteiger partial charge in [0.2, 0.25) is 12.3 Å². The van der Waals surface area contributed by atoms with Crippen molar-refractivity contribution < 1.29 is 67.7 Å². The maximum Gasteiger partial charge on any atom is 0.363 e. The Balaban J connectivity index is 1.44. The van der Waals surface area contributed by atoms with Crippen LogP contribution < -0.4 is 20.7 Å². The number of ether oxygens (including phenoxy) is 1. The number of benzene rings is 3. The van der Waals surface area contributed by atoms with E-state index in [0.29, 0.717) is 24.6 Å². The summed E-state index contributed by atoms with van der Waals surface area (Å²) in [6.07, 6.45) is 2.36. The van der Waals surface area contributed by atoms with Gasteiger partial charge in [0.1, 0.15) is 17.6 Å². The van der Waals surface area contributed by atoms with Crippen molar-refractivity contribution in [2.45, 2.75) is 64.5 Å². The number of rotatable bonds is 23. The molecular formula is C41H44N4O14. The molecule has 0 radical (unpaired) electrons. The lowest BCUT2D eigenvalue weighted by molar-refractivity contribution is -0.171. The van der Waals surface area contributed by atoms with Crippen LogP contribution in [0, 0.1) is 5.92 Å². The Morgan fingerprint density at radius 3 is 2.25 bits per heavy atom. The summed E-state index contributed by atoms with van der Waals surface area (Å²) in [7, 11) is 0. The van der Waals surface area contributed by atoms with Crippen LogP contribution in [-0.2, 0) is 28.8 Å². The van der Waals surface area contributed by atoms with Crippen LogP contribution in [0.25, 0.3) is 22.1 Å². The van der Waals surface area contributed by atoms with Gasteiger partial charge < -0.3 is 45.3 Å². The van der Waals surface area contributed by atoms with Crippen molar-refractivity contribution in [2.75, 3.05) is 13.3 Å². The van der Waals surface area contributed by atoms with E-state index in [9.17, 15) is 43.5 Å². The molecule has 0 aliphatic rings. The molecule has 312 valence electrons. The third-order valence-electron chi connectivity index (χ3n) is 9.15. The largest absolute Gasteiger partial charge is 0.481 e. The standard InChI is InChI=1S/C41H44N4O14/c1-3-5-6-13-28(31(4-2)45(23-46)59-41(56)27-14-9-11-24-10-7-8-12-26(24)27)37(51)42-22-43-39(53)33-18-17-32(58-33)25-15-16-29(34(19-25)57-21-36(49)50)38(52)44-30(40(54)55)20-35(47)48/h7-12,14-19,23,28,30-31H,3-6,13,20-22H2,1-2H3,(H,42,51)(H,43,53)(H,44,52)(H,47,48)(H,49,50)(H,54,55)/t28-,30+,31-/m1/s1. The van der Waals surface area contributed by atoms with E-state index in [4.69, 9.17) is 24.2 Å². The van der Waals surface area contributed by atoms with E-state index in [-0.39, 0.29) is 47.0 Å². The minimum atomic E-state index is -1.79. The topological polar surface area (TPSA) is 268 Å². The van der Waals surface area contributed by atoms with Gasteiger partial charge in [-0.05, 0) is 53.9 Å². The minimum Gasteiger partial charge on any atom is -0.481 e. The number of unbranched alkanes of at least 4 members (excludes halogenated alkanes) is 2. The Morgan fingerprint density at radius 1 is 0.831 bits per heavy atom. The molecule has 0 bridgehead atoms. The van der Waals surface area contributed by atoms with Gasteiger partial charge in [-0.1, -0.05) is 75.6 Å². The van der Waals surface area contributed by atoms with Crippen molar-refractivity contribution >= 4 is 58.8 Å². The average Bonchev–Trinajstić information content (AvgIpc) is 3.72. The zero-order valence-corrected chi connectivity index (χ0v) is 32.2. The summed E-state index contributed by atoms with van der Waals surface area (Å²) in [5.74, 6) is -8.77. The molecule has 4 aromatic rings. The summed E-state index contributed by atoms with van der Waals surface area (Å²) in [4.78, 5) is 105. The first-order valence-corrected chi connectivity index (χ1v) is 18.6. The van der Waals surface area contributed by atoms with Gasteiger partial charge in [-0.3, -0.25) is 24.0 Å². The minimum absolute atomic E-state index is 0.0781. The quantitative estimate of drug-likeness (QED) is 0.0265. The van der Waals surface area contributed by atoms with E-state index in [0.717, 1.165) is 23.3 Å². The number of aliphatic carboxylic acids is 3. The highest BCUT2D eigenvalue weighted by atomic mass is 16.7. The van der Waals surface area contributed by atoms with Gasteiger partial charge in [0, 0.05) is 5.56 Å². The number of hydrogen-bond acceptors (Lipinski definition) is 11. The Labute approximate surface area is 337 Å². The Hall–Kier alpha value is -7.24. The molecule has 3 aromatic carbocycles. The van der Waals surface area contributed by atoms with Gasteiger partial charge in [-0.2, -0.15) is 5.06 Å². The summed E-state index contributed by atoms with van der Waals surface area (Å²) in [5.41, 5.74) is 0.165. The maximum atomic E-state index is 13.6. The van der Waals surface area contributed by atoms with Crippen LogP contribution in [0.3, 0.4) is 0 Å². The fourth-order valence-electron chi connectivity index (χ4n) is 6.25. The molecule has 18 heteroatoms. The highest BCUT2D eigenvalue weighted by molar-refractivity contribution is 6.04. The summed E-state index contributed by atoms with van der Waals surface area (Å²) >= 11 is 0. The smallest absolute Gasteiger partial charge is 0.363 e. The number of fused-ring (bicyclic) bond motifs is 1. The van der Waals surface area contributed by atoms with Crippen LogP contribution in [0.4, 0.5) is 0 Å². The predicted octanol–water partition coefficient (Wildman–Crippen LogP) is 4.23. The van der Waals surface area contributed by atoms with Crippen LogP contribution in [0.5, 0.6) is 5.75 Å². The van der Waals surface area contributed by atoms with Gasteiger partial charge >= 0.3 is 23.9 Å². The van der Waals surface area contributed by atoms with Crippen LogP contribution in [-0.4, -0.2) is 93.8 Å². The SMILES string of the molecule is CCCCC[C@@H](C(=O)NCNC(=O)c1ccc(-c2ccc(C(=O)N[C@@H](CC(=O)O)C(=O)O)c(OCC(=O)O)c2)o1)[C@@H](CC)N(C=O)OC(=O)c1cccc2ccccc12. The zero-order valence-electron chi connectivity index (χ0n) is 32.2. The molecule has 59 heavy (non-hydrogen) atoms. The van der Waals surface area contributed by atoms with Crippen molar-refractivity contribution in [3.05, 3.63) is 89.7 Å². The molecular weight excluding hydrogens is 772 g/mol. The van der Waals surface area contributed by atoms with Gasteiger partial charge in [-0.25, -0.2) is 14.4 Å². The second-order valence-electron chi connectivity index (χ2n) is 13.2. The number of carboxylic acid groups (broad SMARTS) is 3. The molecule has 6 N–H and O–H groups in total. The Morgan fingerprint density at radius 2 is 1.58 bits per heavy atom. The molecule has 0 saturated heterocycles. The number of hydrogen-bond donors (Lipinski definition) is 6. The second-order valence-corrected chi connectivity index (χ2v) is 13.2. The monoisotopic (exact) mass is 816 g/mol. The lowest BCUT2D eigenvalue weighted by atomic mass is 9.90. The number of carboxylic acids is 3. The van der Waals surface area contributed by atoms with Crippen molar-refractivity contribution in [3.8, 4) is 17.1 Å². The summed E-state index contributed by atoms with van der Waals surface area (Å²) in [6.45, 7) is 2.52. The van der Waals surface area contributed by atoms with Crippen molar-refractivity contribution in [1.82, 2.24) is 21.0 Å². The molecule has 0 fully saturated rings. The van der Waals surface area contributed by atoms with E-state index in [1.807, 2.05) is 25.1 Å². The van der Waals surface area contributed by atoms with Gasteiger partial charge in [0.05, 0.1) is 36.2 Å². The first kappa shape index (κ1) is 44.5. The fraction of sp³-hybridized carbons (Fsp3) is 0.317. The molecule has 1 heterocycles. The summed E-state index contributed by atoms with van der Waals surface area (Å²) in [6, 6.07) is 16.2. The first-order chi connectivity index (χ1) is 28.3. The number of carbonyl (C=O) groups excluding carboxylic acids is 5. The average molecular weight is 817 g/mol. The molecule has 4 rings (SSSR count). The van der Waals surface area contributed by atoms with Crippen molar-refractivity contribution in [1.29, 1.82) is 0 Å². The van der Waals surface area contributed by atoms with E-state index >= 15 is 0 Å².